The Bertz CT molecular complexity index is 489. The van der Waals surface area contributed by atoms with Crippen molar-refractivity contribution in [3.05, 3.63) is 30.4 Å². The van der Waals surface area contributed by atoms with Gasteiger partial charge < -0.3 is 4.74 Å². The largest absolute Gasteiger partial charge is 0.495 e. The van der Waals surface area contributed by atoms with E-state index in [1.165, 1.54) is 6.33 Å². The zero-order valence-corrected chi connectivity index (χ0v) is 8.06. The van der Waals surface area contributed by atoms with Crippen molar-refractivity contribution in [1.29, 1.82) is 0 Å². The van der Waals surface area contributed by atoms with Gasteiger partial charge in [-0.1, -0.05) is 6.58 Å². The van der Waals surface area contributed by atoms with Gasteiger partial charge in [-0.05, 0) is 13.0 Å². The average Bonchev–Trinajstić information content (AvgIpc) is 2.64. The molecule has 0 fully saturated rings. The third kappa shape index (κ3) is 1.22. The Morgan fingerprint density at radius 3 is 3.07 bits per heavy atom. The Hall–Kier alpha value is -1.91. The summed E-state index contributed by atoms with van der Waals surface area (Å²) in [6, 6.07) is 1.85. The van der Waals surface area contributed by atoms with Gasteiger partial charge in [0.05, 0.1) is 7.11 Å². The van der Waals surface area contributed by atoms with Crippen LogP contribution < -0.4 is 0 Å². The van der Waals surface area contributed by atoms with E-state index in [1.807, 2.05) is 13.0 Å². The van der Waals surface area contributed by atoms with Gasteiger partial charge in [-0.3, -0.25) is 0 Å². The van der Waals surface area contributed by atoms with Gasteiger partial charge in [-0.15, -0.1) is 0 Å². The third-order valence-corrected chi connectivity index (χ3v) is 1.96. The van der Waals surface area contributed by atoms with E-state index in [1.54, 1.807) is 11.6 Å². The maximum absolute atomic E-state index is 5.00. The van der Waals surface area contributed by atoms with Gasteiger partial charge in [0.25, 0.3) is 5.78 Å². The van der Waals surface area contributed by atoms with Gasteiger partial charge in [0.2, 0.25) is 0 Å². The first-order valence-electron chi connectivity index (χ1n) is 4.13. The molecule has 5 nitrogen and oxygen atoms in total. The number of aromatic nitrogens is 4. The molecule has 2 heterocycles. The smallest absolute Gasteiger partial charge is 0.253 e. The lowest BCUT2D eigenvalue weighted by Crippen LogP contribution is -2.00. The molecule has 0 spiro atoms. The first kappa shape index (κ1) is 8.68. The summed E-state index contributed by atoms with van der Waals surface area (Å²) >= 11 is 0. The fourth-order valence-corrected chi connectivity index (χ4v) is 1.21. The predicted octanol–water partition coefficient (Wildman–Crippen LogP) is 1.05. The molecule has 0 aliphatic carbocycles. The molecule has 0 aromatic carbocycles. The summed E-state index contributed by atoms with van der Waals surface area (Å²) in [5.74, 6) is 1.08. The summed E-state index contributed by atoms with van der Waals surface area (Å²) < 4.78 is 6.66. The number of ether oxygens (including phenoxy) is 1. The summed E-state index contributed by atoms with van der Waals surface area (Å²) in [7, 11) is 1.56. The minimum atomic E-state index is 0.526. The Labute approximate surface area is 81.1 Å². The Balaban J connectivity index is 2.64. The molecule has 0 saturated carbocycles. The molecule has 0 radical (unpaired) electrons. The SMILES string of the molecule is C=C(OC)c1cc(C)n2ncnc2n1. The van der Waals surface area contributed by atoms with Crippen LogP contribution in [0.4, 0.5) is 0 Å². The van der Waals surface area contributed by atoms with E-state index < -0.39 is 0 Å². The van der Waals surface area contributed by atoms with Crippen LogP contribution in [0.25, 0.3) is 11.5 Å². The molecule has 2 aromatic heterocycles. The molecule has 2 aromatic rings. The Kier molecular flexibility index (Phi) is 1.92. The standard InChI is InChI=1S/C9H10N4O/c1-6-4-8(7(2)14-3)12-9-10-5-11-13(6)9/h4-5H,2H2,1,3H3. The number of methoxy groups -OCH3 is 1. The van der Waals surface area contributed by atoms with Gasteiger partial charge in [-0.25, -0.2) is 9.50 Å². The van der Waals surface area contributed by atoms with Crippen molar-refractivity contribution in [2.24, 2.45) is 0 Å². The maximum atomic E-state index is 5.00. The lowest BCUT2D eigenvalue weighted by atomic mass is 10.3. The molecule has 0 saturated heterocycles. The fraction of sp³-hybridized carbons (Fsp3) is 0.222. The number of fused-ring (bicyclic) bond motifs is 1. The van der Waals surface area contributed by atoms with Crippen LogP contribution in [0.15, 0.2) is 19.0 Å². The van der Waals surface area contributed by atoms with Crippen molar-refractivity contribution >= 4 is 11.5 Å². The van der Waals surface area contributed by atoms with Crippen LogP contribution in [0.2, 0.25) is 0 Å². The Morgan fingerprint density at radius 2 is 2.36 bits per heavy atom. The Morgan fingerprint density at radius 1 is 1.57 bits per heavy atom. The van der Waals surface area contributed by atoms with Gasteiger partial charge >= 0.3 is 0 Å². The number of hydrogen-bond acceptors (Lipinski definition) is 4. The lowest BCUT2D eigenvalue weighted by Gasteiger charge is -2.04. The summed E-state index contributed by atoms with van der Waals surface area (Å²) in [4.78, 5) is 8.23. The minimum absolute atomic E-state index is 0.526. The van der Waals surface area contributed by atoms with Crippen molar-refractivity contribution in [3.8, 4) is 0 Å². The van der Waals surface area contributed by atoms with E-state index >= 15 is 0 Å². The molecule has 14 heavy (non-hydrogen) atoms. The van der Waals surface area contributed by atoms with Crippen LogP contribution >= 0.6 is 0 Å². The molecular weight excluding hydrogens is 180 g/mol. The fourth-order valence-electron chi connectivity index (χ4n) is 1.21. The zero-order chi connectivity index (χ0) is 10.1. The van der Waals surface area contributed by atoms with E-state index in [-0.39, 0.29) is 0 Å². The summed E-state index contributed by atoms with van der Waals surface area (Å²) in [5.41, 5.74) is 1.63. The van der Waals surface area contributed by atoms with E-state index in [4.69, 9.17) is 4.74 Å². The molecule has 0 bridgehead atoms. The monoisotopic (exact) mass is 190 g/mol. The van der Waals surface area contributed by atoms with Crippen LogP contribution in [0.3, 0.4) is 0 Å². The van der Waals surface area contributed by atoms with Crippen LogP contribution in [0, 0.1) is 6.92 Å². The highest BCUT2D eigenvalue weighted by Gasteiger charge is 2.06. The van der Waals surface area contributed by atoms with Gasteiger partial charge in [0.1, 0.15) is 17.8 Å². The minimum Gasteiger partial charge on any atom is -0.495 e. The molecule has 0 unspecified atom stereocenters. The van der Waals surface area contributed by atoms with Crippen molar-refractivity contribution in [2.75, 3.05) is 7.11 Å². The second-order valence-corrected chi connectivity index (χ2v) is 2.88. The second kappa shape index (κ2) is 3.10. The normalized spacial score (nSPS) is 10.4. The van der Waals surface area contributed by atoms with Crippen molar-refractivity contribution in [2.45, 2.75) is 6.92 Å². The highest BCUT2D eigenvalue weighted by Crippen LogP contribution is 2.12. The summed E-state index contributed by atoms with van der Waals surface area (Å²) in [6.07, 6.45) is 1.47. The van der Waals surface area contributed by atoms with E-state index in [0.717, 1.165) is 5.69 Å². The molecule has 0 amide bonds. The summed E-state index contributed by atoms with van der Waals surface area (Å²) in [6.45, 7) is 5.66. The molecular formula is C9H10N4O. The molecule has 2 rings (SSSR count). The van der Waals surface area contributed by atoms with Crippen LogP contribution in [0.5, 0.6) is 0 Å². The van der Waals surface area contributed by atoms with Gasteiger partial charge in [0.15, 0.2) is 0 Å². The van der Waals surface area contributed by atoms with Crippen LogP contribution in [-0.4, -0.2) is 26.7 Å². The zero-order valence-electron chi connectivity index (χ0n) is 8.06. The number of nitrogens with zero attached hydrogens (tertiary/aromatic N) is 4. The predicted molar refractivity (Wildman–Crippen MR) is 51.6 cm³/mol. The van der Waals surface area contributed by atoms with Gasteiger partial charge in [0, 0.05) is 5.69 Å². The van der Waals surface area contributed by atoms with E-state index in [0.29, 0.717) is 17.2 Å². The van der Waals surface area contributed by atoms with Crippen molar-refractivity contribution < 1.29 is 4.74 Å². The van der Waals surface area contributed by atoms with E-state index in [2.05, 4.69) is 21.6 Å². The number of rotatable bonds is 2. The maximum Gasteiger partial charge on any atom is 0.253 e. The molecule has 5 heteroatoms. The topological polar surface area (TPSA) is 52.3 Å². The average molecular weight is 190 g/mol. The number of aryl methyl sites for hydroxylation is 1. The molecule has 0 aliphatic heterocycles. The molecule has 0 aliphatic rings. The second-order valence-electron chi connectivity index (χ2n) is 2.88. The first-order chi connectivity index (χ1) is 6.72. The van der Waals surface area contributed by atoms with Gasteiger partial charge in [-0.2, -0.15) is 10.1 Å². The highest BCUT2D eigenvalue weighted by atomic mass is 16.5. The highest BCUT2D eigenvalue weighted by molar-refractivity contribution is 5.55. The third-order valence-electron chi connectivity index (χ3n) is 1.96. The number of hydrogen-bond donors (Lipinski definition) is 0. The molecule has 0 atom stereocenters. The summed E-state index contributed by atoms with van der Waals surface area (Å²) in [5, 5.41) is 4.02. The lowest BCUT2D eigenvalue weighted by molar-refractivity contribution is 0.369. The van der Waals surface area contributed by atoms with Crippen molar-refractivity contribution in [3.63, 3.8) is 0 Å². The van der Waals surface area contributed by atoms with Crippen molar-refractivity contribution in [1.82, 2.24) is 19.6 Å². The van der Waals surface area contributed by atoms with E-state index in [9.17, 15) is 0 Å². The quantitative estimate of drug-likeness (QED) is 0.664. The van der Waals surface area contributed by atoms with Crippen LogP contribution in [-0.2, 0) is 4.74 Å². The first-order valence-corrected chi connectivity index (χ1v) is 4.13. The molecule has 72 valence electrons. The molecule has 0 N–H and O–H groups in total. The van der Waals surface area contributed by atoms with Crippen LogP contribution in [0.1, 0.15) is 11.4 Å².